The molecule has 1 aliphatic rings. The van der Waals surface area contributed by atoms with E-state index in [1.165, 1.54) is 11.8 Å². The largest absolute Gasteiger partial charge is 0.342 e. The van der Waals surface area contributed by atoms with Gasteiger partial charge in [0.2, 0.25) is 11.8 Å². The van der Waals surface area contributed by atoms with E-state index in [2.05, 4.69) is 10.4 Å². The minimum Gasteiger partial charge on any atom is -0.342 e. The number of nitrogens with zero attached hydrogens (tertiary/aromatic N) is 2. The summed E-state index contributed by atoms with van der Waals surface area (Å²) in [5.74, 6) is 5.20. The molecule has 2 rings (SSSR count). The molecule has 1 fully saturated rings. The Morgan fingerprint density at radius 1 is 1.48 bits per heavy atom. The zero-order valence-electron chi connectivity index (χ0n) is 11.4. The van der Waals surface area contributed by atoms with E-state index in [9.17, 15) is 9.59 Å². The molecule has 1 aliphatic heterocycles. The minimum atomic E-state index is -0.156. The van der Waals surface area contributed by atoms with Crippen molar-refractivity contribution >= 4 is 35.2 Å². The maximum atomic E-state index is 12.1. The number of carbonyl (C=O) groups excluding carboxylic acids is 2. The summed E-state index contributed by atoms with van der Waals surface area (Å²) in [6.45, 7) is 1.15. The fourth-order valence-electron chi connectivity index (χ4n) is 2.21. The normalized spacial score (nSPS) is 15.8. The lowest BCUT2D eigenvalue weighted by atomic mass is 9.96. The smallest absolute Gasteiger partial charge is 0.237 e. The summed E-state index contributed by atoms with van der Waals surface area (Å²) < 4.78 is 0. The van der Waals surface area contributed by atoms with Crippen molar-refractivity contribution in [2.24, 2.45) is 11.8 Å². The van der Waals surface area contributed by atoms with E-state index in [1.54, 1.807) is 23.2 Å². The van der Waals surface area contributed by atoms with E-state index in [-0.39, 0.29) is 17.7 Å². The highest BCUT2D eigenvalue weighted by Gasteiger charge is 2.26. The number of pyridine rings is 1. The fourth-order valence-corrected chi connectivity index (χ4v) is 3.28. The van der Waals surface area contributed by atoms with Gasteiger partial charge >= 0.3 is 0 Å². The average Bonchev–Trinajstić information content (AvgIpc) is 2.53. The first kappa shape index (κ1) is 16.1. The quantitative estimate of drug-likeness (QED) is 0.373. The predicted molar refractivity (Wildman–Crippen MR) is 81.6 cm³/mol. The second-order valence-electron chi connectivity index (χ2n) is 4.74. The summed E-state index contributed by atoms with van der Waals surface area (Å²) >= 11 is 7.33. The van der Waals surface area contributed by atoms with E-state index in [1.807, 2.05) is 0 Å². The van der Waals surface area contributed by atoms with Crippen molar-refractivity contribution in [3.63, 3.8) is 0 Å². The highest BCUT2D eigenvalue weighted by atomic mass is 35.5. The molecule has 0 unspecified atom stereocenters. The van der Waals surface area contributed by atoms with E-state index >= 15 is 0 Å². The summed E-state index contributed by atoms with van der Waals surface area (Å²) in [5, 5.41) is 1.21. The van der Waals surface area contributed by atoms with Gasteiger partial charge in [0, 0.05) is 25.2 Å². The molecule has 1 aromatic heterocycles. The van der Waals surface area contributed by atoms with Gasteiger partial charge in [0.25, 0.3) is 0 Å². The number of nitrogens with one attached hydrogen (secondary N) is 1. The summed E-state index contributed by atoms with van der Waals surface area (Å²) in [6.07, 6.45) is 2.93. The van der Waals surface area contributed by atoms with Gasteiger partial charge in [-0.2, -0.15) is 0 Å². The maximum Gasteiger partial charge on any atom is 0.237 e. The Balaban J connectivity index is 1.80. The minimum absolute atomic E-state index is 0.0355. The number of piperidine rings is 1. The van der Waals surface area contributed by atoms with Crippen LogP contribution in [0.3, 0.4) is 0 Å². The lowest BCUT2D eigenvalue weighted by Gasteiger charge is -2.31. The van der Waals surface area contributed by atoms with E-state index in [0.29, 0.717) is 41.7 Å². The van der Waals surface area contributed by atoms with Crippen molar-refractivity contribution in [3.8, 4) is 0 Å². The van der Waals surface area contributed by atoms with Gasteiger partial charge in [-0.05, 0) is 25.0 Å². The molecule has 114 valence electrons. The van der Waals surface area contributed by atoms with Crippen molar-refractivity contribution in [1.82, 2.24) is 15.3 Å². The molecule has 0 aliphatic carbocycles. The van der Waals surface area contributed by atoms with Crippen LogP contribution in [-0.4, -0.2) is 40.5 Å². The summed E-state index contributed by atoms with van der Waals surface area (Å²) in [4.78, 5) is 29.5. The first-order valence-corrected chi connectivity index (χ1v) is 7.99. The Kier molecular flexibility index (Phi) is 5.84. The molecule has 0 atom stereocenters. The highest BCUT2D eigenvalue weighted by molar-refractivity contribution is 8.00. The van der Waals surface area contributed by atoms with Crippen LogP contribution in [0.5, 0.6) is 0 Å². The van der Waals surface area contributed by atoms with Crippen LogP contribution in [0.25, 0.3) is 0 Å². The van der Waals surface area contributed by atoms with Gasteiger partial charge in [0.1, 0.15) is 5.03 Å². The molecule has 0 aromatic carbocycles. The van der Waals surface area contributed by atoms with Gasteiger partial charge in [-0.15, -0.1) is 0 Å². The predicted octanol–water partition coefficient (Wildman–Crippen LogP) is 1.06. The summed E-state index contributed by atoms with van der Waals surface area (Å²) in [5.41, 5.74) is 2.16. The molecule has 21 heavy (non-hydrogen) atoms. The topological polar surface area (TPSA) is 88.3 Å². The van der Waals surface area contributed by atoms with Crippen molar-refractivity contribution in [2.75, 3.05) is 18.8 Å². The molecule has 0 bridgehead atoms. The van der Waals surface area contributed by atoms with Crippen molar-refractivity contribution in [3.05, 3.63) is 23.4 Å². The summed E-state index contributed by atoms with van der Waals surface area (Å²) in [6, 6.07) is 3.50. The van der Waals surface area contributed by atoms with Crippen molar-refractivity contribution < 1.29 is 9.59 Å². The first-order chi connectivity index (χ1) is 10.1. The number of hydrogen-bond acceptors (Lipinski definition) is 5. The highest BCUT2D eigenvalue weighted by Crippen LogP contribution is 2.25. The van der Waals surface area contributed by atoms with Gasteiger partial charge in [0.15, 0.2) is 0 Å². The SMILES string of the molecule is NNC(=O)C1CCN(C(=O)CSc2ncccc2Cl)CC1. The molecule has 2 amide bonds. The number of nitrogens with two attached hydrogens (primary N) is 1. The van der Waals surface area contributed by atoms with Gasteiger partial charge < -0.3 is 4.90 Å². The molecule has 1 saturated heterocycles. The Morgan fingerprint density at radius 3 is 2.81 bits per heavy atom. The molecule has 6 nitrogen and oxygen atoms in total. The third kappa shape index (κ3) is 4.33. The van der Waals surface area contributed by atoms with Crippen LogP contribution < -0.4 is 11.3 Å². The van der Waals surface area contributed by atoms with E-state index < -0.39 is 0 Å². The number of likely N-dealkylation sites (tertiary alicyclic amines) is 1. The summed E-state index contributed by atoms with van der Waals surface area (Å²) in [7, 11) is 0. The van der Waals surface area contributed by atoms with Crippen molar-refractivity contribution in [1.29, 1.82) is 0 Å². The lowest BCUT2D eigenvalue weighted by molar-refractivity contribution is -0.133. The number of thioether (sulfide) groups is 1. The number of carbonyl (C=O) groups is 2. The standard InChI is InChI=1S/C13H17ClN4O2S/c14-10-2-1-5-16-13(10)21-8-11(19)18-6-3-9(4-7-18)12(20)17-15/h1-2,5,9H,3-4,6-8,15H2,(H,17,20). The zero-order chi connectivity index (χ0) is 15.2. The van der Waals surface area contributed by atoms with Gasteiger partial charge in [-0.3, -0.25) is 15.0 Å². The van der Waals surface area contributed by atoms with Crippen LogP contribution in [0.4, 0.5) is 0 Å². The molecule has 8 heteroatoms. The second kappa shape index (κ2) is 7.63. The number of hydrogen-bond donors (Lipinski definition) is 2. The first-order valence-electron chi connectivity index (χ1n) is 6.63. The Hall–Kier alpha value is -1.31. The second-order valence-corrected chi connectivity index (χ2v) is 6.11. The van der Waals surface area contributed by atoms with Crippen molar-refractivity contribution in [2.45, 2.75) is 17.9 Å². The van der Waals surface area contributed by atoms with Gasteiger partial charge in [0.05, 0.1) is 10.8 Å². The molecule has 0 spiro atoms. The van der Waals surface area contributed by atoms with Crippen LogP contribution in [0.2, 0.25) is 5.02 Å². The zero-order valence-corrected chi connectivity index (χ0v) is 13.0. The van der Waals surface area contributed by atoms with Gasteiger partial charge in [-0.1, -0.05) is 23.4 Å². The van der Waals surface area contributed by atoms with E-state index in [0.717, 1.165) is 0 Å². The Labute approximate surface area is 132 Å². The molecule has 3 N–H and O–H groups in total. The average molecular weight is 329 g/mol. The third-order valence-corrected chi connectivity index (χ3v) is 4.82. The third-order valence-electron chi connectivity index (χ3n) is 3.42. The van der Waals surface area contributed by atoms with Crippen LogP contribution in [0.15, 0.2) is 23.4 Å². The number of hydrazine groups is 1. The number of halogens is 1. The number of rotatable bonds is 4. The van der Waals surface area contributed by atoms with E-state index in [4.69, 9.17) is 17.4 Å². The lowest BCUT2D eigenvalue weighted by Crippen LogP contribution is -2.45. The van der Waals surface area contributed by atoms with Crippen LogP contribution in [-0.2, 0) is 9.59 Å². The molecule has 0 radical (unpaired) electrons. The molecular formula is C13H17ClN4O2S. The Bertz CT molecular complexity index is 521. The molecule has 0 saturated carbocycles. The molecular weight excluding hydrogens is 312 g/mol. The number of amides is 2. The molecule has 2 heterocycles. The van der Waals surface area contributed by atoms with Crippen LogP contribution in [0, 0.1) is 5.92 Å². The Morgan fingerprint density at radius 2 is 2.19 bits per heavy atom. The maximum absolute atomic E-state index is 12.1. The molecule has 1 aromatic rings. The number of aromatic nitrogens is 1. The monoisotopic (exact) mass is 328 g/mol. The fraction of sp³-hybridized carbons (Fsp3) is 0.462. The van der Waals surface area contributed by atoms with Crippen LogP contribution in [0.1, 0.15) is 12.8 Å². The van der Waals surface area contributed by atoms with Crippen LogP contribution >= 0.6 is 23.4 Å². The van der Waals surface area contributed by atoms with Gasteiger partial charge in [-0.25, -0.2) is 10.8 Å².